The highest BCUT2D eigenvalue weighted by Crippen LogP contribution is 2.20. The lowest BCUT2D eigenvalue weighted by atomic mass is 10.2. The van der Waals surface area contributed by atoms with Crippen molar-refractivity contribution in [3.8, 4) is 0 Å². The van der Waals surface area contributed by atoms with E-state index in [-0.39, 0.29) is 6.10 Å². The van der Waals surface area contributed by atoms with Gasteiger partial charge in [0.05, 0.1) is 6.10 Å². The van der Waals surface area contributed by atoms with Gasteiger partial charge in [0.15, 0.2) is 5.65 Å². The quantitative estimate of drug-likeness (QED) is 0.871. The van der Waals surface area contributed by atoms with Gasteiger partial charge in [-0.25, -0.2) is 9.97 Å². The number of aromatic nitrogens is 3. The van der Waals surface area contributed by atoms with Crippen LogP contribution in [0.2, 0.25) is 0 Å². The summed E-state index contributed by atoms with van der Waals surface area (Å²) in [5.41, 5.74) is 7.52. The van der Waals surface area contributed by atoms with Crippen LogP contribution in [-0.2, 0) is 11.2 Å². The Bertz CT molecular complexity index is 517. The molecule has 0 aliphatic heterocycles. The molecule has 2 rings (SSSR count). The predicted octanol–water partition coefficient (Wildman–Crippen LogP) is 1.53. The predicted molar refractivity (Wildman–Crippen MR) is 71.5 cm³/mol. The van der Waals surface area contributed by atoms with Crippen LogP contribution in [0.4, 0.5) is 0 Å². The van der Waals surface area contributed by atoms with Gasteiger partial charge in [-0.2, -0.15) is 0 Å². The molecule has 5 nitrogen and oxygen atoms in total. The number of rotatable bonds is 5. The van der Waals surface area contributed by atoms with E-state index in [4.69, 9.17) is 10.5 Å². The van der Waals surface area contributed by atoms with Crippen LogP contribution in [0.1, 0.15) is 25.7 Å². The summed E-state index contributed by atoms with van der Waals surface area (Å²) in [6.45, 7) is 4.75. The first-order valence-corrected chi connectivity index (χ1v) is 6.22. The highest BCUT2D eigenvalue weighted by molar-refractivity contribution is 5.71. The van der Waals surface area contributed by atoms with Crippen LogP contribution < -0.4 is 5.73 Å². The van der Waals surface area contributed by atoms with E-state index in [1.165, 1.54) is 0 Å². The van der Waals surface area contributed by atoms with Crippen molar-refractivity contribution in [1.29, 1.82) is 0 Å². The van der Waals surface area contributed by atoms with E-state index in [0.29, 0.717) is 19.0 Å². The van der Waals surface area contributed by atoms with Crippen molar-refractivity contribution < 1.29 is 4.74 Å². The fourth-order valence-electron chi connectivity index (χ4n) is 2.13. The molecule has 1 unspecified atom stereocenters. The molecule has 1 atom stereocenters. The second-order valence-corrected chi connectivity index (χ2v) is 4.64. The zero-order valence-corrected chi connectivity index (χ0v) is 11.1. The van der Waals surface area contributed by atoms with Gasteiger partial charge >= 0.3 is 0 Å². The topological polar surface area (TPSA) is 66.0 Å². The molecule has 0 saturated heterocycles. The molecule has 2 aromatic heterocycles. The highest BCUT2D eigenvalue weighted by Gasteiger charge is 2.17. The Hall–Kier alpha value is -1.46. The van der Waals surface area contributed by atoms with Crippen LogP contribution in [0.5, 0.6) is 0 Å². The van der Waals surface area contributed by atoms with E-state index in [2.05, 4.69) is 28.4 Å². The van der Waals surface area contributed by atoms with Crippen molar-refractivity contribution in [2.24, 2.45) is 5.73 Å². The van der Waals surface area contributed by atoms with Gasteiger partial charge in [0.1, 0.15) is 11.3 Å². The SMILES string of the molecule is COC(CN)Cc1nc2cccnc2n1C(C)C. The molecule has 0 fully saturated rings. The number of pyridine rings is 1. The fourth-order valence-corrected chi connectivity index (χ4v) is 2.13. The molecule has 98 valence electrons. The lowest BCUT2D eigenvalue weighted by molar-refractivity contribution is 0.107. The summed E-state index contributed by atoms with van der Waals surface area (Å²) < 4.78 is 7.49. The molecule has 0 amide bonds. The third-order valence-electron chi connectivity index (χ3n) is 3.04. The molecule has 2 N–H and O–H groups in total. The van der Waals surface area contributed by atoms with Crippen molar-refractivity contribution in [1.82, 2.24) is 14.5 Å². The van der Waals surface area contributed by atoms with Crippen LogP contribution in [0.25, 0.3) is 11.2 Å². The molecule has 0 spiro atoms. The molecule has 18 heavy (non-hydrogen) atoms. The van der Waals surface area contributed by atoms with Gasteiger partial charge < -0.3 is 15.0 Å². The number of imidazole rings is 1. The molecule has 0 saturated carbocycles. The molecule has 0 aromatic carbocycles. The number of nitrogens with zero attached hydrogens (tertiary/aromatic N) is 3. The first-order chi connectivity index (χ1) is 8.67. The number of ether oxygens (including phenoxy) is 1. The van der Waals surface area contributed by atoms with Crippen LogP contribution in [0.15, 0.2) is 18.3 Å². The Morgan fingerprint density at radius 3 is 2.83 bits per heavy atom. The first-order valence-electron chi connectivity index (χ1n) is 6.22. The standard InChI is InChI=1S/C13H20N4O/c1-9(2)17-12(7-10(8-14)18-3)16-11-5-4-6-15-13(11)17/h4-6,9-10H,7-8,14H2,1-3H3. The minimum absolute atomic E-state index is 0.000637. The summed E-state index contributed by atoms with van der Waals surface area (Å²) in [6.07, 6.45) is 2.50. The lowest BCUT2D eigenvalue weighted by Crippen LogP contribution is -2.26. The van der Waals surface area contributed by atoms with E-state index in [1.807, 2.05) is 12.1 Å². The minimum atomic E-state index is -0.000637. The summed E-state index contributed by atoms with van der Waals surface area (Å²) in [7, 11) is 1.68. The average molecular weight is 248 g/mol. The van der Waals surface area contributed by atoms with Crippen molar-refractivity contribution in [3.63, 3.8) is 0 Å². The maximum absolute atomic E-state index is 5.67. The minimum Gasteiger partial charge on any atom is -0.380 e. The smallest absolute Gasteiger partial charge is 0.160 e. The molecule has 2 aromatic rings. The zero-order valence-electron chi connectivity index (χ0n) is 11.1. The third kappa shape index (κ3) is 2.37. The Morgan fingerprint density at radius 2 is 2.22 bits per heavy atom. The van der Waals surface area contributed by atoms with Crippen molar-refractivity contribution in [2.75, 3.05) is 13.7 Å². The molecular weight excluding hydrogens is 228 g/mol. The number of nitrogens with two attached hydrogens (primary N) is 1. The van der Waals surface area contributed by atoms with E-state index in [9.17, 15) is 0 Å². The maximum Gasteiger partial charge on any atom is 0.160 e. The highest BCUT2D eigenvalue weighted by atomic mass is 16.5. The Labute approximate surface area is 107 Å². The first kappa shape index (κ1) is 13.0. The molecular formula is C13H20N4O. The largest absolute Gasteiger partial charge is 0.380 e. The summed E-state index contributed by atoms with van der Waals surface area (Å²) >= 11 is 0. The third-order valence-corrected chi connectivity index (χ3v) is 3.04. The second kappa shape index (κ2) is 5.46. The van der Waals surface area contributed by atoms with Gasteiger partial charge in [0, 0.05) is 32.3 Å². The van der Waals surface area contributed by atoms with Crippen molar-refractivity contribution in [3.05, 3.63) is 24.2 Å². The fraction of sp³-hybridized carbons (Fsp3) is 0.538. The van der Waals surface area contributed by atoms with E-state index < -0.39 is 0 Å². The molecule has 0 aliphatic carbocycles. The second-order valence-electron chi connectivity index (χ2n) is 4.64. The van der Waals surface area contributed by atoms with E-state index in [0.717, 1.165) is 17.0 Å². The molecule has 0 bridgehead atoms. The van der Waals surface area contributed by atoms with Gasteiger partial charge in [-0.15, -0.1) is 0 Å². The number of fused-ring (bicyclic) bond motifs is 1. The van der Waals surface area contributed by atoms with Gasteiger partial charge in [-0.05, 0) is 26.0 Å². The summed E-state index contributed by atoms with van der Waals surface area (Å²) in [6, 6.07) is 4.20. The molecule has 0 radical (unpaired) electrons. The summed E-state index contributed by atoms with van der Waals surface area (Å²) in [5, 5.41) is 0. The zero-order chi connectivity index (χ0) is 13.1. The summed E-state index contributed by atoms with van der Waals surface area (Å²) in [5.74, 6) is 0.982. The normalized spacial score (nSPS) is 13.4. The van der Waals surface area contributed by atoms with Gasteiger partial charge in [-0.3, -0.25) is 0 Å². The van der Waals surface area contributed by atoms with E-state index >= 15 is 0 Å². The Kier molecular flexibility index (Phi) is 3.93. The van der Waals surface area contributed by atoms with E-state index in [1.54, 1.807) is 13.3 Å². The Balaban J connectivity index is 2.45. The average Bonchev–Trinajstić information content (AvgIpc) is 2.73. The van der Waals surface area contributed by atoms with Crippen LogP contribution in [0, 0.1) is 0 Å². The lowest BCUT2D eigenvalue weighted by Gasteiger charge is -2.16. The van der Waals surface area contributed by atoms with Crippen LogP contribution in [0.3, 0.4) is 0 Å². The van der Waals surface area contributed by atoms with Gasteiger partial charge in [-0.1, -0.05) is 0 Å². The summed E-state index contributed by atoms with van der Waals surface area (Å²) in [4.78, 5) is 9.04. The number of hydrogen-bond donors (Lipinski definition) is 1. The van der Waals surface area contributed by atoms with Crippen LogP contribution >= 0.6 is 0 Å². The monoisotopic (exact) mass is 248 g/mol. The number of hydrogen-bond acceptors (Lipinski definition) is 4. The maximum atomic E-state index is 5.67. The van der Waals surface area contributed by atoms with Crippen molar-refractivity contribution >= 4 is 11.2 Å². The molecule has 2 heterocycles. The Morgan fingerprint density at radius 1 is 1.44 bits per heavy atom. The van der Waals surface area contributed by atoms with Gasteiger partial charge in [0.2, 0.25) is 0 Å². The van der Waals surface area contributed by atoms with Crippen LogP contribution in [-0.4, -0.2) is 34.3 Å². The van der Waals surface area contributed by atoms with Crippen molar-refractivity contribution in [2.45, 2.75) is 32.4 Å². The molecule has 0 aliphatic rings. The van der Waals surface area contributed by atoms with Gasteiger partial charge in [0.25, 0.3) is 0 Å². The molecule has 5 heteroatoms. The number of methoxy groups -OCH3 is 1.